The molecule has 3 heterocycles. The van der Waals surface area contributed by atoms with Crippen LogP contribution in [0.5, 0.6) is 0 Å². The van der Waals surface area contributed by atoms with Gasteiger partial charge in [0.2, 0.25) is 0 Å². The van der Waals surface area contributed by atoms with Crippen LogP contribution in [-0.2, 0) is 4.74 Å². The molecule has 2 aromatic heterocycles. The zero-order valence-electron chi connectivity index (χ0n) is 11.9. The molecule has 0 spiro atoms. The van der Waals surface area contributed by atoms with Crippen molar-refractivity contribution in [1.82, 2.24) is 25.3 Å². The van der Waals surface area contributed by atoms with E-state index in [1.165, 1.54) is 10.3 Å². The Kier molecular flexibility index (Phi) is 3.28. The lowest BCUT2D eigenvalue weighted by Gasteiger charge is -2.28. The highest BCUT2D eigenvalue weighted by molar-refractivity contribution is 5.61. The number of hydrogen-bond donors (Lipinski definition) is 1. The molecule has 0 saturated carbocycles. The molecule has 0 aliphatic carbocycles. The Hall–Kier alpha value is -2.74. The van der Waals surface area contributed by atoms with Crippen LogP contribution in [0, 0.1) is 0 Å². The van der Waals surface area contributed by atoms with E-state index in [0.29, 0.717) is 11.5 Å². The van der Waals surface area contributed by atoms with Crippen molar-refractivity contribution < 1.29 is 4.74 Å². The van der Waals surface area contributed by atoms with Crippen LogP contribution in [0.1, 0.15) is 0 Å². The lowest BCUT2D eigenvalue weighted by molar-refractivity contribution is 0.122. The van der Waals surface area contributed by atoms with E-state index >= 15 is 0 Å². The van der Waals surface area contributed by atoms with Gasteiger partial charge in [0.15, 0.2) is 11.5 Å². The van der Waals surface area contributed by atoms with Crippen molar-refractivity contribution in [2.24, 2.45) is 0 Å². The highest BCUT2D eigenvalue weighted by Crippen LogP contribution is 2.21. The first-order valence-corrected chi connectivity index (χ1v) is 7.14. The molecule has 0 bridgehead atoms. The van der Waals surface area contributed by atoms with Crippen molar-refractivity contribution in [3.8, 4) is 0 Å². The maximum Gasteiger partial charge on any atom is 0.200 e. The third kappa shape index (κ3) is 2.56. The molecule has 22 heavy (non-hydrogen) atoms. The van der Waals surface area contributed by atoms with Crippen LogP contribution in [-0.4, -0.2) is 51.6 Å². The van der Waals surface area contributed by atoms with Crippen LogP contribution in [0.4, 0.5) is 17.2 Å². The van der Waals surface area contributed by atoms with Crippen molar-refractivity contribution in [3.05, 3.63) is 36.4 Å². The molecule has 0 amide bonds. The number of ether oxygens (including phenoxy) is 1. The van der Waals surface area contributed by atoms with Crippen molar-refractivity contribution in [2.45, 2.75) is 0 Å². The van der Waals surface area contributed by atoms with Gasteiger partial charge in [-0.05, 0) is 46.8 Å². The molecule has 4 rings (SSSR count). The summed E-state index contributed by atoms with van der Waals surface area (Å²) >= 11 is 0. The molecule has 1 aliphatic heterocycles. The average Bonchev–Trinajstić information content (AvgIpc) is 3.04. The van der Waals surface area contributed by atoms with Gasteiger partial charge in [0.05, 0.1) is 13.2 Å². The van der Waals surface area contributed by atoms with Gasteiger partial charge in [-0.1, -0.05) is 0 Å². The van der Waals surface area contributed by atoms with E-state index in [1.54, 1.807) is 0 Å². The summed E-state index contributed by atoms with van der Waals surface area (Å²) in [6.45, 7) is 3.44. The number of anilines is 3. The number of aromatic nitrogens is 5. The number of benzene rings is 1. The summed E-state index contributed by atoms with van der Waals surface area (Å²) in [6, 6.07) is 11.9. The number of tetrazole rings is 1. The summed E-state index contributed by atoms with van der Waals surface area (Å²) in [4.78, 5) is 2.32. The molecule has 1 aliphatic rings. The minimum absolute atomic E-state index is 0.619. The number of hydrogen-bond acceptors (Lipinski definition) is 7. The maximum atomic E-state index is 5.37. The zero-order chi connectivity index (χ0) is 14.8. The molecule has 0 radical (unpaired) electrons. The second-order valence-electron chi connectivity index (χ2n) is 5.02. The molecular formula is C14H15N7O. The first-order chi connectivity index (χ1) is 10.9. The molecule has 8 heteroatoms. The third-order valence-electron chi connectivity index (χ3n) is 3.59. The van der Waals surface area contributed by atoms with Gasteiger partial charge in [0.1, 0.15) is 0 Å². The van der Waals surface area contributed by atoms with Gasteiger partial charge in [-0.15, -0.1) is 14.8 Å². The number of nitrogens with one attached hydrogen (secondary N) is 1. The standard InChI is InChI=1S/C14H15N7O/c1-3-12(20-7-9-22-10-8-20)4-2-11(1)15-13-5-6-14-16-18-19-21(14)17-13/h1-6H,7-10H2,(H,15,17). The van der Waals surface area contributed by atoms with E-state index in [2.05, 4.69) is 43.0 Å². The van der Waals surface area contributed by atoms with Gasteiger partial charge in [0.25, 0.3) is 0 Å². The lowest BCUT2D eigenvalue weighted by atomic mass is 10.2. The van der Waals surface area contributed by atoms with Crippen LogP contribution in [0.25, 0.3) is 5.65 Å². The van der Waals surface area contributed by atoms with Crippen LogP contribution in [0.3, 0.4) is 0 Å². The Labute approximate surface area is 126 Å². The first kappa shape index (κ1) is 13.0. The van der Waals surface area contributed by atoms with Gasteiger partial charge in [0, 0.05) is 24.5 Å². The van der Waals surface area contributed by atoms with Crippen molar-refractivity contribution in [2.75, 3.05) is 36.5 Å². The molecule has 1 fully saturated rings. The van der Waals surface area contributed by atoms with Gasteiger partial charge in [-0.25, -0.2) is 0 Å². The molecule has 1 saturated heterocycles. The fourth-order valence-corrected chi connectivity index (χ4v) is 2.44. The summed E-state index contributed by atoms with van der Waals surface area (Å²) < 4.78 is 6.76. The normalized spacial score (nSPS) is 15.2. The van der Waals surface area contributed by atoms with Crippen LogP contribution >= 0.6 is 0 Å². The summed E-state index contributed by atoms with van der Waals surface area (Å²) in [5.74, 6) is 0.693. The Bertz CT molecular complexity index is 764. The van der Waals surface area contributed by atoms with Crippen molar-refractivity contribution in [3.63, 3.8) is 0 Å². The number of fused-ring (bicyclic) bond motifs is 1. The van der Waals surface area contributed by atoms with Gasteiger partial charge >= 0.3 is 0 Å². The molecule has 3 aromatic rings. The minimum atomic E-state index is 0.619. The Balaban J connectivity index is 1.50. The zero-order valence-corrected chi connectivity index (χ0v) is 11.9. The Morgan fingerprint density at radius 3 is 2.64 bits per heavy atom. The predicted molar refractivity (Wildman–Crippen MR) is 81.3 cm³/mol. The van der Waals surface area contributed by atoms with Crippen molar-refractivity contribution >= 4 is 22.8 Å². The van der Waals surface area contributed by atoms with Crippen molar-refractivity contribution in [1.29, 1.82) is 0 Å². The summed E-state index contributed by atoms with van der Waals surface area (Å²) in [6.07, 6.45) is 0. The summed E-state index contributed by atoms with van der Waals surface area (Å²) in [7, 11) is 0. The highest BCUT2D eigenvalue weighted by Gasteiger charge is 2.10. The van der Waals surface area contributed by atoms with E-state index in [-0.39, 0.29) is 0 Å². The predicted octanol–water partition coefficient (Wildman–Crippen LogP) is 1.10. The largest absolute Gasteiger partial charge is 0.378 e. The van der Waals surface area contributed by atoms with Crippen LogP contribution in [0.15, 0.2) is 36.4 Å². The number of morpholine rings is 1. The first-order valence-electron chi connectivity index (χ1n) is 7.14. The number of nitrogens with zero attached hydrogens (tertiary/aromatic N) is 6. The Morgan fingerprint density at radius 2 is 1.82 bits per heavy atom. The molecule has 0 unspecified atom stereocenters. The second kappa shape index (κ2) is 5.57. The minimum Gasteiger partial charge on any atom is -0.378 e. The average molecular weight is 297 g/mol. The molecule has 1 N–H and O–H groups in total. The summed E-state index contributed by atoms with van der Waals surface area (Å²) in [5.41, 5.74) is 2.79. The van der Waals surface area contributed by atoms with E-state index in [9.17, 15) is 0 Å². The van der Waals surface area contributed by atoms with E-state index in [1.807, 2.05) is 24.3 Å². The van der Waals surface area contributed by atoms with Gasteiger partial charge < -0.3 is 15.0 Å². The fourth-order valence-electron chi connectivity index (χ4n) is 2.44. The lowest BCUT2D eigenvalue weighted by Crippen LogP contribution is -2.36. The summed E-state index contributed by atoms with van der Waals surface area (Å²) in [5, 5.41) is 18.7. The van der Waals surface area contributed by atoms with E-state index in [0.717, 1.165) is 32.0 Å². The number of rotatable bonds is 3. The smallest absolute Gasteiger partial charge is 0.200 e. The highest BCUT2D eigenvalue weighted by atomic mass is 16.5. The topological polar surface area (TPSA) is 80.5 Å². The van der Waals surface area contributed by atoms with Crippen LogP contribution < -0.4 is 10.2 Å². The maximum absolute atomic E-state index is 5.37. The third-order valence-corrected chi connectivity index (χ3v) is 3.59. The Morgan fingerprint density at radius 1 is 1.00 bits per heavy atom. The van der Waals surface area contributed by atoms with Crippen LogP contribution in [0.2, 0.25) is 0 Å². The molecular weight excluding hydrogens is 282 g/mol. The molecule has 1 aromatic carbocycles. The monoisotopic (exact) mass is 297 g/mol. The molecule has 8 nitrogen and oxygen atoms in total. The van der Waals surface area contributed by atoms with Gasteiger partial charge in [-0.2, -0.15) is 0 Å². The second-order valence-corrected chi connectivity index (χ2v) is 5.02. The SMILES string of the molecule is c1cc(N2CCOCC2)ccc1Nc1ccc2nnnn2n1. The molecule has 0 atom stereocenters. The van der Waals surface area contributed by atoms with E-state index < -0.39 is 0 Å². The molecule has 112 valence electrons. The quantitative estimate of drug-likeness (QED) is 0.775. The van der Waals surface area contributed by atoms with Gasteiger partial charge in [-0.3, -0.25) is 0 Å². The fraction of sp³-hybridized carbons (Fsp3) is 0.286. The van der Waals surface area contributed by atoms with E-state index in [4.69, 9.17) is 4.74 Å².